The molecule has 11 nitrogen and oxygen atoms in total. The van der Waals surface area contributed by atoms with Crippen LogP contribution in [0.5, 0.6) is 11.5 Å². The van der Waals surface area contributed by atoms with Crippen LogP contribution in [0.1, 0.15) is 32.3 Å². The number of carbonyl (C=O) groups excluding carboxylic acids is 3. The van der Waals surface area contributed by atoms with Gasteiger partial charge in [-0.05, 0) is 72.7 Å². The normalized spacial score (nSPS) is 11.6. The first-order valence-electron chi connectivity index (χ1n) is 15.3. The SMILES string of the molecule is COc1cc(O)ccc1/C=C(/NC(=O)c1ccccc1)C(=O)Nc1cccc(SC(C(=O)Nc2ccc([N+](=O)[O-])cc2C)c2ccccc2)c1. The number of benzene rings is 5. The molecule has 0 aromatic heterocycles. The highest BCUT2D eigenvalue weighted by molar-refractivity contribution is 8.00. The van der Waals surface area contributed by atoms with E-state index in [0.717, 1.165) is 5.56 Å². The Hall–Kier alpha value is -6.40. The molecular formula is C38H32N4O7S. The number of non-ortho nitro benzene ring substituents is 1. The average Bonchev–Trinajstić information content (AvgIpc) is 3.12. The molecule has 0 saturated carbocycles. The highest BCUT2D eigenvalue weighted by Crippen LogP contribution is 2.38. The van der Waals surface area contributed by atoms with E-state index in [1.807, 2.05) is 30.3 Å². The lowest BCUT2D eigenvalue weighted by atomic mass is 10.1. The van der Waals surface area contributed by atoms with Gasteiger partial charge in [-0.2, -0.15) is 0 Å². The number of nitro groups is 1. The summed E-state index contributed by atoms with van der Waals surface area (Å²) >= 11 is 1.25. The second-order valence-corrected chi connectivity index (χ2v) is 12.1. The van der Waals surface area contributed by atoms with E-state index in [1.165, 1.54) is 55.3 Å². The Morgan fingerprint density at radius 2 is 1.58 bits per heavy atom. The zero-order chi connectivity index (χ0) is 35.6. The number of anilines is 2. The van der Waals surface area contributed by atoms with E-state index in [9.17, 15) is 29.6 Å². The molecule has 0 fully saturated rings. The molecule has 1 atom stereocenters. The minimum atomic E-state index is -0.723. The maximum Gasteiger partial charge on any atom is 0.272 e. The molecule has 0 radical (unpaired) electrons. The Kier molecular flexibility index (Phi) is 11.3. The summed E-state index contributed by atoms with van der Waals surface area (Å²) in [6.07, 6.45) is 1.45. The fourth-order valence-corrected chi connectivity index (χ4v) is 5.98. The Morgan fingerprint density at radius 1 is 0.860 bits per heavy atom. The Labute approximate surface area is 292 Å². The van der Waals surface area contributed by atoms with Crippen molar-refractivity contribution in [3.8, 4) is 11.5 Å². The molecule has 0 aliphatic carbocycles. The van der Waals surface area contributed by atoms with Crippen molar-refractivity contribution >= 4 is 52.6 Å². The second-order valence-electron chi connectivity index (χ2n) is 10.9. The molecular weight excluding hydrogens is 657 g/mol. The molecule has 12 heteroatoms. The van der Waals surface area contributed by atoms with Gasteiger partial charge in [0.05, 0.1) is 12.0 Å². The monoisotopic (exact) mass is 688 g/mol. The van der Waals surface area contributed by atoms with Crippen molar-refractivity contribution in [3.63, 3.8) is 0 Å². The summed E-state index contributed by atoms with van der Waals surface area (Å²) < 4.78 is 5.37. The standard InChI is InChI=1S/C38H32N4O7S/c1-24-20-29(42(47)48)17-19-32(24)40-38(46)35(25-10-5-3-6-11-25)50-31-15-9-14-28(22-31)39-37(45)33(41-36(44)26-12-7-4-8-13-26)21-27-16-18-30(43)23-34(27)49-2/h3-23,35,43H,1-2H3,(H,39,45)(H,40,46)(H,41,44)/b33-21+. The molecule has 5 aromatic rings. The van der Waals surface area contributed by atoms with Crippen LogP contribution in [0.4, 0.5) is 17.1 Å². The number of phenols is 1. The minimum absolute atomic E-state index is 0.0296. The number of hydrogen-bond acceptors (Lipinski definition) is 8. The maximum atomic E-state index is 13.7. The summed E-state index contributed by atoms with van der Waals surface area (Å²) in [5.41, 5.74) is 2.74. The third-order valence-corrected chi connectivity index (χ3v) is 8.66. The van der Waals surface area contributed by atoms with E-state index in [0.29, 0.717) is 33.0 Å². The number of phenolic OH excluding ortho intramolecular Hbond substituents is 1. The van der Waals surface area contributed by atoms with Gasteiger partial charge in [0.25, 0.3) is 17.5 Å². The van der Waals surface area contributed by atoms with Crippen LogP contribution in [0.15, 0.2) is 132 Å². The van der Waals surface area contributed by atoms with Gasteiger partial charge in [-0.25, -0.2) is 0 Å². The van der Waals surface area contributed by atoms with Gasteiger partial charge in [0.15, 0.2) is 0 Å². The van der Waals surface area contributed by atoms with E-state index in [4.69, 9.17) is 4.74 Å². The van der Waals surface area contributed by atoms with Gasteiger partial charge in [0.1, 0.15) is 22.4 Å². The van der Waals surface area contributed by atoms with Crippen LogP contribution < -0.4 is 20.7 Å². The molecule has 0 aliphatic heterocycles. The van der Waals surface area contributed by atoms with E-state index in [-0.39, 0.29) is 28.8 Å². The molecule has 50 heavy (non-hydrogen) atoms. The first kappa shape index (κ1) is 34.9. The predicted molar refractivity (Wildman–Crippen MR) is 193 cm³/mol. The molecule has 0 aliphatic rings. The minimum Gasteiger partial charge on any atom is -0.508 e. The highest BCUT2D eigenvalue weighted by Gasteiger charge is 2.24. The fourth-order valence-electron chi connectivity index (χ4n) is 4.90. The number of nitrogens with one attached hydrogen (secondary N) is 3. The zero-order valence-corrected chi connectivity index (χ0v) is 27.8. The van der Waals surface area contributed by atoms with Gasteiger partial charge in [0, 0.05) is 45.6 Å². The van der Waals surface area contributed by atoms with Gasteiger partial charge in [-0.15, -0.1) is 11.8 Å². The van der Waals surface area contributed by atoms with Crippen molar-refractivity contribution in [2.75, 3.05) is 17.7 Å². The van der Waals surface area contributed by atoms with Crippen molar-refractivity contribution in [1.82, 2.24) is 5.32 Å². The third-order valence-electron chi connectivity index (χ3n) is 7.41. The smallest absolute Gasteiger partial charge is 0.272 e. The third kappa shape index (κ3) is 8.94. The van der Waals surface area contributed by atoms with Crippen LogP contribution in [0.25, 0.3) is 6.08 Å². The molecule has 5 aromatic carbocycles. The average molecular weight is 689 g/mol. The van der Waals surface area contributed by atoms with E-state index >= 15 is 0 Å². The summed E-state index contributed by atoms with van der Waals surface area (Å²) in [6.45, 7) is 1.68. The van der Waals surface area contributed by atoms with Crippen molar-refractivity contribution in [3.05, 3.63) is 159 Å². The summed E-state index contributed by atoms with van der Waals surface area (Å²) in [7, 11) is 1.42. The Morgan fingerprint density at radius 3 is 2.26 bits per heavy atom. The number of ether oxygens (including phenoxy) is 1. The number of hydrogen-bond donors (Lipinski definition) is 4. The molecule has 0 heterocycles. The topological polar surface area (TPSA) is 160 Å². The number of thioether (sulfide) groups is 1. The number of nitro benzene ring substituents is 1. The van der Waals surface area contributed by atoms with Crippen molar-refractivity contribution in [2.45, 2.75) is 17.1 Å². The molecule has 3 amide bonds. The van der Waals surface area contributed by atoms with E-state index in [2.05, 4.69) is 16.0 Å². The van der Waals surface area contributed by atoms with Crippen molar-refractivity contribution < 1.29 is 29.2 Å². The van der Waals surface area contributed by atoms with Crippen LogP contribution in [-0.2, 0) is 9.59 Å². The number of amides is 3. The predicted octanol–water partition coefficient (Wildman–Crippen LogP) is 7.50. The largest absolute Gasteiger partial charge is 0.508 e. The molecule has 4 N–H and O–H groups in total. The van der Waals surface area contributed by atoms with Gasteiger partial charge in [0.2, 0.25) is 5.91 Å². The van der Waals surface area contributed by atoms with Gasteiger partial charge >= 0.3 is 0 Å². The van der Waals surface area contributed by atoms with Crippen LogP contribution in [0.2, 0.25) is 0 Å². The molecule has 5 rings (SSSR count). The summed E-state index contributed by atoms with van der Waals surface area (Å²) in [5, 5.41) is 28.8. The Balaban J connectivity index is 1.40. The highest BCUT2D eigenvalue weighted by atomic mass is 32.2. The molecule has 252 valence electrons. The van der Waals surface area contributed by atoms with Gasteiger partial charge < -0.3 is 25.8 Å². The fraction of sp³-hybridized carbons (Fsp3) is 0.0789. The Bertz CT molecular complexity index is 2070. The summed E-state index contributed by atoms with van der Waals surface area (Å²) in [5.74, 6) is -1.22. The maximum absolute atomic E-state index is 13.7. The van der Waals surface area contributed by atoms with Crippen molar-refractivity contribution in [2.24, 2.45) is 0 Å². The van der Waals surface area contributed by atoms with Gasteiger partial charge in [-0.1, -0.05) is 54.6 Å². The first-order valence-corrected chi connectivity index (χ1v) is 16.1. The molecule has 0 saturated heterocycles. The van der Waals surface area contributed by atoms with Crippen LogP contribution in [0.3, 0.4) is 0 Å². The molecule has 0 spiro atoms. The lowest BCUT2D eigenvalue weighted by Gasteiger charge is -2.18. The number of methoxy groups -OCH3 is 1. The zero-order valence-electron chi connectivity index (χ0n) is 27.0. The first-order chi connectivity index (χ1) is 24.1. The van der Waals surface area contributed by atoms with Crippen LogP contribution in [0, 0.1) is 17.0 Å². The van der Waals surface area contributed by atoms with Crippen molar-refractivity contribution in [1.29, 1.82) is 0 Å². The lowest BCUT2D eigenvalue weighted by molar-refractivity contribution is -0.384. The number of aromatic hydroxyl groups is 1. The van der Waals surface area contributed by atoms with E-state index in [1.54, 1.807) is 67.6 Å². The van der Waals surface area contributed by atoms with Gasteiger partial charge in [-0.3, -0.25) is 24.5 Å². The number of rotatable bonds is 12. The lowest BCUT2D eigenvalue weighted by Crippen LogP contribution is -2.30. The molecule has 0 bridgehead atoms. The molecule has 1 unspecified atom stereocenters. The summed E-state index contributed by atoms with van der Waals surface area (Å²) in [4.78, 5) is 51.9. The number of aryl methyl sites for hydroxylation is 1. The number of nitrogens with zero attached hydrogens (tertiary/aromatic N) is 1. The summed E-state index contributed by atoms with van der Waals surface area (Å²) in [6, 6.07) is 33.1. The quantitative estimate of drug-likeness (QED) is 0.0454. The van der Waals surface area contributed by atoms with Crippen LogP contribution >= 0.6 is 11.8 Å². The second kappa shape index (κ2) is 16.1. The van der Waals surface area contributed by atoms with E-state index < -0.39 is 22.0 Å². The number of carbonyl (C=O) groups is 3. The van der Waals surface area contributed by atoms with Crippen LogP contribution in [-0.4, -0.2) is 34.9 Å².